The lowest BCUT2D eigenvalue weighted by atomic mass is 9.91. The maximum absolute atomic E-state index is 12.6. The molecule has 1 aromatic rings. The number of carbonyl (C=O) groups is 1. The highest BCUT2D eigenvalue weighted by Crippen LogP contribution is 2.37. The topological polar surface area (TPSA) is 35.5 Å². The van der Waals surface area contributed by atoms with Gasteiger partial charge in [0, 0.05) is 6.42 Å². The van der Waals surface area contributed by atoms with E-state index in [-0.39, 0.29) is 22.7 Å². The molecule has 0 unspecified atom stereocenters. The first-order valence-electron chi connectivity index (χ1n) is 10.6. The molecule has 0 radical (unpaired) electrons. The molecule has 2 rings (SSSR count). The molecule has 1 aliphatic carbocycles. The fraction of sp³-hybridized carbons (Fsp3) is 0.542. The first-order chi connectivity index (χ1) is 13.3. The minimum atomic E-state index is -2.10. The molecule has 0 saturated carbocycles. The average Bonchev–Trinajstić information content (AvgIpc) is 2.72. The summed E-state index contributed by atoms with van der Waals surface area (Å²) in [4.78, 5) is 12.6. The lowest BCUT2D eigenvalue weighted by Crippen LogP contribution is -2.44. The van der Waals surface area contributed by atoms with E-state index in [1.165, 1.54) is 5.19 Å². The van der Waals surface area contributed by atoms with Gasteiger partial charge in [-0.1, -0.05) is 58.0 Å². The largest absolute Gasteiger partial charge is 0.549 e. The Hall–Kier alpha value is -1.60. The SMILES string of the molecule is C[C@@H]1C=C(O[Si](C)(C)c2ccccc2)CC(=O)C[C@@H]1/C=C/O[Si](C)(C)C(C)(C)C. The molecule has 0 bridgehead atoms. The van der Waals surface area contributed by atoms with Crippen molar-refractivity contribution in [2.75, 3.05) is 0 Å². The third-order valence-electron chi connectivity index (χ3n) is 6.31. The van der Waals surface area contributed by atoms with Crippen molar-refractivity contribution in [3.8, 4) is 0 Å². The Morgan fingerprint density at radius 3 is 2.28 bits per heavy atom. The predicted octanol–water partition coefficient (Wildman–Crippen LogP) is 6.15. The van der Waals surface area contributed by atoms with Crippen LogP contribution in [0, 0.1) is 11.8 Å². The van der Waals surface area contributed by atoms with Crippen LogP contribution in [0.5, 0.6) is 0 Å². The van der Waals surface area contributed by atoms with E-state index in [1.807, 2.05) is 24.5 Å². The van der Waals surface area contributed by atoms with E-state index in [4.69, 9.17) is 8.85 Å². The zero-order chi connectivity index (χ0) is 21.9. The number of ketones is 1. The van der Waals surface area contributed by atoms with Crippen molar-refractivity contribution in [1.29, 1.82) is 0 Å². The van der Waals surface area contributed by atoms with Crippen LogP contribution >= 0.6 is 0 Å². The van der Waals surface area contributed by atoms with Crippen molar-refractivity contribution in [2.24, 2.45) is 11.8 Å². The minimum absolute atomic E-state index is 0.148. The van der Waals surface area contributed by atoms with Crippen molar-refractivity contribution < 1.29 is 13.6 Å². The van der Waals surface area contributed by atoms with E-state index >= 15 is 0 Å². The highest BCUT2D eigenvalue weighted by molar-refractivity contribution is 6.84. The van der Waals surface area contributed by atoms with Gasteiger partial charge in [-0.05, 0) is 60.4 Å². The minimum Gasteiger partial charge on any atom is -0.549 e. The molecule has 0 saturated heterocycles. The van der Waals surface area contributed by atoms with Crippen LogP contribution in [0.3, 0.4) is 0 Å². The molecule has 1 aliphatic rings. The van der Waals surface area contributed by atoms with Gasteiger partial charge in [-0.15, -0.1) is 0 Å². The van der Waals surface area contributed by atoms with E-state index in [1.54, 1.807) is 0 Å². The second-order valence-corrected chi connectivity index (χ2v) is 18.8. The Kier molecular flexibility index (Phi) is 7.39. The first-order valence-corrected chi connectivity index (χ1v) is 16.4. The second-order valence-electron chi connectivity index (χ2n) is 10.3. The van der Waals surface area contributed by atoms with Gasteiger partial charge < -0.3 is 8.85 Å². The van der Waals surface area contributed by atoms with Crippen molar-refractivity contribution in [1.82, 2.24) is 0 Å². The van der Waals surface area contributed by atoms with Gasteiger partial charge in [-0.2, -0.15) is 0 Å². The van der Waals surface area contributed by atoms with Gasteiger partial charge in [0.25, 0.3) is 8.32 Å². The fourth-order valence-electron chi connectivity index (χ4n) is 3.22. The number of rotatable bonds is 6. The summed E-state index contributed by atoms with van der Waals surface area (Å²) in [6.45, 7) is 17.7. The molecule has 0 spiro atoms. The summed E-state index contributed by atoms with van der Waals surface area (Å²) in [5.41, 5.74) is 0. The molecule has 3 nitrogen and oxygen atoms in total. The van der Waals surface area contributed by atoms with E-state index < -0.39 is 16.6 Å². The molecule has 5 heteroatoms. The van der Waals surface area contributed by atoms with Crippen LogP contribution in [0.1, 0.15) is 40.5 Å². The molecule has 0 amide bonds. The smallest absolute Gasteiger partial charge is 0.276 e. The summed E-state index contributed by atoms with van der Waals surface area (Å²) >= 11 is 0. The van der Waals surface area contributed by atoms with Gasteiger partial charge in [0.15, 0.2) is 0 Å². The maximum atomic E-state index is 12.6. The molecule has 160 valence electrons. The zero-order valence-corrected chi connectivity index (χ0v) is 21.4. The zero-order valence-electron chi connectivity index (χ0n) is 19.4. The van der Waals surface area contributed by atoms with E-state index in [0.717, 1.165) is 5.76 Å². The van der Waals surface area contributed by atoms with Gasteiger partial charge in [0.1, 0.15) is 5.78 Å². The normalized spacial score (nSPS) is 21.7. The van der Waals surface area contributed by atoms with Crippen LogP contribution in [0.2, 0.25) is 31.2 Å². The highest BCUT2D eigenvalue weighted by Gasteiger charge is 2.38. The third kappa shape index (κ3) is 6.44. The van der Waals surface area contributed by atoms with Crippen LogP contribution < -0.4 is 5.19 Å². The Morgan fingerprint density at radius 2 is 1.69 bits per heavy atom. The predicted molar refractivity (Wildman–Crippen MR) is 127 cm³/mol. The van der Waals surface area contributed by atoms with E-state index in [0.29, 0.717) is 12.8 Å². The lowest BCUT2D eigenvalue weighted by molar-refractivity contribution is -0.119. The third-order valence-corrected chi connectivity index (χ3v) is 13.1. The van der Waals surface area contributed by atoms with Crippen molar-refractivity contribution in [2.45, 2.75) is 71.8 Å². The Labute approximate surface area is 179 Å². The Bertz CT molecular complexity index is 758. The van der Waals surface area contributed by atoms with Crippen LogP contribution in [0.15, 0.2) is 54.5 Å². The molecule has 1 aromatic carbocycles. The summed E-state index contributed by atoms with van der Waals surface area (Å²) in [6.07, 6.45) is 7.02. The Morgan fingerprint density at radius 1 is 1.07 bits per heavy atom. The number of Topliss-reactive ketones (excluding diaryl/α,β-unsaturated/α-hetero) is 1. The van der Waals surface area contributed by atoms with Crippen molar-refractivity contribution in [3.05, 3.63) is 54.5 Å². The Balaban J connectivity index is 2.12. The lowest BCUT2D eigenvalue weighted by Gasteiger charge is -2.35. The monoisotopic (exact) mass is 430 g/mol. The van der Waals surface area contributed by atoms with E-state index in [9.17, 15) is 4.79 Å². The van der Waals surface area contributed by atoms with Gasteiger partial charge in [0.2, 0.25) is 8.32 Å². The number of hydrogen-bond acceptors (Lipinski definition) is 3. The van der Waals surface area contributed by atoms with Gasteiger partial charge in [-0.25, -0.2) is 0 Å². The standard InChI is InChI=1S/C24H38O3Si2/c1-19-16-22(27-28(5,6)23-12-10-9-11-13-23)18-21(25)17-20(19)14-15-26-29(7,8)24(2,3)4/h9-16,19-20H,17-18H2,1-8H3/b15-14+/t19-,20+/m1/s1. The van der Waals surface area contributed by atoms with Gasteiger partial charge in [0.05, 0.1) is 18.4 Å². The summed E-state index contributed by atoms with van der Waals surface area (Å²) < 4.78 is 12.7. The quantitative estimate of drug-likeness (QED) is 0.401. The number of hydrogen-bond donors (Lipinski definition) is 0. The molecule has 0 heterocycles. The molecular formula is C24H38O3Si2. The summed E-state index contributed by atoms with van der Waals surface area (Å²) in [6, 6.07) is 10.4. The summed E-state index contributed by atoms with van der Waals surface area (Å²) in [7, 11) is -3.93. The van der Waals surface area contributed by atoms with Gasteiger partial charge in [-0.3, -0.25) is 4.79 Å². The molecule has 2 atom stereocenters. The fourth-order valence-corrected chi connectivity index (χ4v) is 5.90. The van der Waals surface area contributed by atoms with Crippen molar-refractivity contribution in [3.63, 3.8) is 0 Å². The maximum Gasteiger partial charge on any atom is 0.276 e. The highest BCUT2D eigenvalue weighted by atomic mass is 28.4. The molecule has 0 aliphatic heterocycles. The summed E-state index contributed by atoms with van der Waals surface area (Å²) in [5, 5.41) is 1.40. The number of carbonyl (C=O) groups excluding carboxylic acids is 1. The second kappa shape index (κ2) is 9.04. The molecular weight excluding hydrogens is 392 g/mol. The van der Waals surface area contributed by atoms with Crippen LogP contribution in [0.4, 0.5) is 0 Å². The molecule has 0 fully saturated rings. The number of allylic oxidation sites excluding steroid dienone is 3. The summed E-state index contributed by atoms with van der Waals surface area (Å²) in [5.74, 6) is 1.45. The van der Waals surface area contributed by atoms with Crippen LogP contribution in [-0.2, 0) is 13.6 Å². The average molecular weight is 431 g/mol. The van der Waals surface area contributed by atoms with Crippen molar-refractivity contribution >= 4 is 27.6 Å². The van der Waals surface area contributed by atoms with Crippen LogP contribution in [0.25, 0.3) is 0 Å². The van der Waals surface area contributed by atoms with E-state index in [2.05, 4.69) is 78.2 Å². The molecule has 0 N–H and O–H groups in total. The molecule has 0 aromatic heterocycles. The first kappa shape index (κ1) is 23.7. The molecule has 29 heavy (non-hydrogen) atoms. The number of benzene rings is 1. The van der Waals surface area contributed by atoms with Crippen LogP contribution in [-0.4, -0.2) is 22.4 Å². The van der Waals surface area contributed by atoms with Gasteiger partial charge >= 0.3 is 0 Å².